The number of hydrogen-bond acceptors (Lipinski definition) is 5. The smallest absolute Gasteiger partial charge is 0.261 e. The summed E-state index contributed by atoms with van der Waals surface area (Å²) in [5.41, 5.74) is 4.55. The molecule has 0 saturated heterocycles. The highest BCUT2D eigenvalue weighted by Crippen LogP contribution is 2.24. The van der Waals surface area contributed by atoms with Crippen LogP contribution in [0.15, 0.2) is 71.6 Å². The second-order valence-electron chi connectivity index (χ2n) is 7.98. The van der Waals surface area contributed by atoms with E-state index in [2.05, 4.69) is 15.0 Å². The molecule has 0 unspecified atom stereocenters. The second-order valence-corrected chi connectivity index (χ2v) is 10.5. The Morgan fingerprint density at radius 2 is 1.65 bits per heavy atom. The number of sulfonamides is 1. The molecule has 34 heavy (non-hydrogen) atoms. The van der Waals surface area contributed by atoms with E-state index >= 15 is 0 Å². The molecule has 0 aliphatic carbocycles. The highest BCUT2D eigenvalue weighted by molar-refractivity contribution is 7.97. The first kappa shape index (κ1) is 23.8. The number of aromatic nitrogens is 2. The van der Waals surface area contributed by atoms with Gasteiger partial charge in [0.1, 0.15) is 12.4 Å². The minimum atomic E-state index is -3.76. The van der Waals surface area contributed by atoms with E-state index in [4.69, 9.17) is 0 Å². The molecular formula is C25H26N4O3S2. The molecule has 0 atom stereocenters. The van der Waals surface area contributed by atoms with E-state index in [-0.39, 0.29) is 17.3 Å². The lowest BCUT2D eigenvalue weighted by Gasteiger charge is -2.14. The number of para-hydroxylation sites is 3. The van der Waals surface area contributed by atoms with Crippen molar-refractivity contribution in [1.82, 2.24) is 9.55 Å². The van der Waals surface area contributed by atoms with Gasteiger partial charge in [-0.3, -0.25) is 9.52 Å². The summed E-state index contributed by atoms with van der Waals surface area (Å²) in [7, 11) is -3.76. The molecule has 1 aromatic heterocycles. The molecule has 0 aliphatic heterocycles. The Bertz CT molecular complexity index is 1420. The van der Waals surface area contributed by atoms with Gasteiger partial charge in [-0.15, -0.1) is 0 Å². The predicted octanol–water partition coefficient (Wildman–Crippen LogP) is 4.96. The number of nitrogens with zero attached hydrogens (tertiary/aromatic N) is 2. The van der Waals surface area contributed by atoms with E-state index in [9.17, 15) is 13.2 Å². The number of carbonyl (C=O) groups excluding carboxylic acids is 1. The molecule has 4 rings (SSSR count). The van der Waals surface area contributed by atoms with Gasteiger partial charge in [-0.2, -0.15) is 11.8 Å². The van der Waals surface area contributed by atoms with E-state index < -0.39 is 10.0 Å². The number of aryl methyl sites for hydroxylation is 2. The van der Waals surface area contributed by atoms with Gasteiger partial charge in [-0.1, -0.05) is 30.3 Å². The molecule has 0 radical (unpaired) electrons. The van der Waals surface area contributed by atoms with E-state index in [1.54, 1.807) is 23.9 Å². The summed E-state index contributed by atoms with van der Waals surface area (Å²) < 4.78 is 30.3. The molecule has 7 nitrogen and oxygen atoms in total. The van der Waals surface area contributed by atoms with Gasteiger partial charge in [0.15, 0.2) is 0 Å². The highest BCUT2D eigenvalue weighted by atomic mass is 32.2. The summed E-state index contributed by atoms with van der Waals surface area (Å²) in [6.45, 7) is 3.83. The molecule has 1 amide bonds. The number of imidazole rings is 1. The first-order chi connectivity index (χ1) is 16.3. The first-order valence-electron chi connectivity index (χ1n) is 10.7. The van der Waals surface area contributed by atoms with Gasteiger partial charge in [0, 0.05) is 5.69 Å². The van der Waals surface area contributed by atoms with Crippen LogP contribution < -0.4 is 10.0 Å². The van der Waals surface area contributed by atoms with Crippen LogP contribution in [0.3, 0.4) is 0 Å². The van der Waals surface area contributed by atoms with Crippen LogP contribution in [0.25, 0.3) is 11.0 Å². The summed E-state index contributed by atoms with van der Waals surface area (Å²) in [4.78, 5) is 17.5. The number of benzene rings is 3. The van der Waals surface area contributed by atoms with Gasteiger partial charge in [0.05, 0.1) is 27.4 Å². The van der Waals surface area contributed by atoms with E-state index in [0.29, 0.717) is 17.1 Å². The monoisotopic (exact) mass is 494 g/mol. The quantitative estimate of drug-likeness (QED) is 0.361. The van der Waals surface area contributed by atoms with Crippen molar-refractivity contribution >= 4 is 50.1 Å². The molecule has 0 aliphatic rings. The molecule has 0 saturated carbocycles. The Balaban J connectivity index is 1.48. The Hall–Kier alpha value is -3.30. The number of anilines is 2. The molecular weight excluding hydrogens is 468 g/mol. The largest absolute Gasteiger partial charge is 0.325 e. The maximum absolute atomic E-state index is 12.9. The summed E-state index contributed by atoms with van der Waals surface area (Å²) in [6, 6.07) is 19.5. The standard InChI is InChI=1S/C25H26N4O3S2/c1-17-7-6-8-18(2)25(17)28-34(31,32)20-13-11-19(12-14-20)26-24(30)15-29-22-10-5-4-9-21(22)27-23(29)16-33-3/h4-14,28H,15-16H2,1-3H3,(H,26,30). The molecule has 1 heterocycles. The number of fused-ring (bicyclic) bond motifs is 1. The van der Waals surface area contributed by atoms with E-state index in [1.807, 2.05) is 67.1 Å². The maximum Gasteiger partial charge on any atom is 0.261 e. The lowest BCUT2D eigenvalue weighted by Crippen LogP contribution is -2.20. The average Bonchev–Trinajstić information content (AvgIpc) is 3.14. The van der Waals surface area contributed by atoms with Crippen molar-refractivity contribution in [2.75, 3.05) is 16.3 Å². The fraction of sp³-hybridized carbons (Fsp3) is 0.200. The number of amides is 1. The van der Waals surface area contributed by atoms with Crippen LogP contribution >= 0.6 is 11.8 Å². The second kappa shape index (κ2) is 9.90. The third kappa shape index (κ3) is 5.10. The van der Waals surface area contributed by atoms with Crippen molar-refractivity contribution in [3.05, 3.63) is 83.7 Å². The van der Waals surface area contributed by atoms with Crippen LogP contribution in [0, 0.1) is 13.8 Å². The van der Waals surface area contributed by atoms with Crippen LogP contribution in [0.5, 0.6) is 0 Å². The van der Waals surface area contributed by atoms with Crippen LogP contribution in [-0.4, -0.2) is 30.1 Å². The third-order valence-corrected chi connectivity index (χ3v) is 7.39. The fourth-order valence-electron chi connectivity index (χ4n) is 3.77. The van der Waals surface area contributed by atoms with Crippen molar-refractivity contribution in [2.45, 2.75) is 31.0 Å². The van der Waals surface area contributed by atoms with Crippen molar-refractivity contribution in [3.8, 4) is 0 Å². The molecule has 0 fully saturated rings. The maximum atomic E-state index is 12.9. The molecule has 9 heteroatoms. The van der Waals surface area contributed by atoms with Crippen molar-refractivity contribution in [3.63, 3.8) is 0 Å². The van der Waals surface area contributed by atoms with Crippen molar-refractivity contribution in [2.24, 2.45) is 0 Å². The number of thioether (sulfide) groups is 1. The van der Waals surface area contributed by atoms with Crippen LogP contribution in [-0.2, 0) is 27.1 Å². The van der Waals surface area contributed by atoms with Crippen molar-refractivity contribution < 1.29 is 13.2 Å². The summed E-state index contributed by atoms with van der Waals surface area (Å²) in [6.07, 6.45) is 1.99. The van der Waals surface area contributed by atoms with Crippen LogP contribution in [0.1, 0.15) is 17.0 Å². The molecule has 0 bridgehead atoms. The number of carbonyl (C=O) groups is 1. The Morgan fingerprint density at radius 3 is 2.32 bits per heavy atom. The lowest BCUT2D eigenvalue weighted by atomic mass is 10.1. The SMILES string of the molecule is CSCc1nc2ccccc2n1CC(=O)Nc1ccc(S(=O)(=O)Nc2c(C)cccc2C)cc1. The number of rotatable bonds is 8. The molecule has 176 valence electrons. The van der Waals surface area contributed by atoms with Gasteiger partial charge in [0.25, 0.3) is 10.0 Å². The summed E-state index contributed by atoms with van der Waals surface area (Å²) in [5, 5.41) is 2.85. The topological polar surface area (TPSA) is 93.1 Å². The van der Waals surface area contributed by atoms with Crippen molar-refractivity contribution in [1.29, 1.82) is 0 Å². The summed E-state index contributed by atoms with van der Waals surface area (Å²) in [5.74, 6) is 1.32. The lowest BCUT2D eigenvalue weighted by molar-refractivity contribution is -0.116. The van der Waals surface area contributed by atoms with E-state index in [1.165, 1.54) is 12.1 Å². The minimum Gasteiger partial charge on any atom is -0.325 e. The summed E-state index contributed by atoms with van der Waals surface area (Å²) >= 11 is 1.64. The van der Waals surface area contributed by atoms with Gasteiger partial charge in [0.2, 0.25) is 5.91 Å². The molecule has 2 N–H and O–H groups in total. The fourth-order valence-corrected chi connectivity index (χ4v) is 5.45. The number of nitrogens with one attached hydrogen (secondary N) is 2. The van der Waals surface area contributed by atoms with Gasteiger partial charge in [-0.05, 0) is 67.6 Å². The van der Waals surface area contributed by atoms with Crippen LogP contribution in [0.4, 0.5) is 11.4 Å². The molecule has 0 spiro atoms. The third-order valence-electron chi connectivity index (χ3n) is 5.47. The Kier molecular flexibility index (Phi) is 6.95. The van der Waals surface area contributed by atoms with Gasteiger partial charge >= 0.3 is 0 Å². The zero-order chi connectivity index (χ0) is 24.3. The Morgan fingerprint density at radius 1 is 0.971 bits per heavy atom. The first-order valence-corrected chi connectivity index (χ1v) is 13.6. The normalized spacial score (nSPS) is 11.5. The number of hydrogen-bond donors (Lipinski definition) is 2. The highest BCUT2D eigenvalue weighted by Gasteiger charge is 2.17. The average molecular weight is 495 g/mol. The molecule has 4 aromatic rings. The molecule has 3 aromatic carbocycles. The van der Waals surface area contributed by atoms with Gasteiger partial charge in [-0.25, -0.2) is 13.4 Å². The van der Waals surface area contributed by atoms with Gasteiger partial charge < -0.3 is 9.88 Å². The van der Waals surface area contributed by atoms with Crippen LogP contribution in [0.2, 0.25) is 0 Å². The zero-order valence-electron chi connectivity index (χ0n) is 19.2. The minimum absolute atomic E-state index is 0.116. The Labute approximate surface area is 203 Å². The predicted molar refractivity (Wildman–Crippen MR) is 139 cm³/mol. The van der Waals surface area contributed by atoms with E-state index in [0.717, 1.165) is 28.0 Å². The zero-order valence-corrected chi connectivity index (χ0v) is 20.8.